The molecule has 2 aromatic heterocycles. The largest absolute Gasteiger partial charge is 0.435 e. The van der Waals surface area contributed by atoms with Gasteiger partial charge in [0.25, 0.3) is 5.91 Å². The van der Waals surface area contributed by atoms with Gasteiger partial charge in [-0.2, -0.15) is 23.4 Å². The van der Waals surface area contributed by atoms with Crippen molar-refractivity contribution >= 4 is 5.91 Å². The van der Waals surface area contributed by atoms with Crippen LogP contribution in [0.15, 0.2) is 24.5 Å². The Morgan fingerprint density at radius 3 is 2.59 bits per heavy atom. The molecule has 0 fully saturated rings. The fourth-order valence-corrected chi connectivity index (χ4v) is 1.31. The summed E-state index contributed by atoms with van der Waals surface area (Å²) in [5.41, 5.74) is -1.28. The summed E-state index contributed by atoms with van der Waals surface area (Å²) in [4.78, 5) is 11.7. The van der Waals surface area contributed by atoms with Gasteiger partial charge in [-0.25, -0.2) is 4.68 Å². The fourth-order valence-electron chi connectivity index (χ4n) is 1.31. The predicted molar refractivity (Wildman–Crippen MR) is 50.2 cm³/mol. The van der Waals surface area contributed by atoms with Crippen molar-refractivity contribution in [3.63, 3.8) is 0 Å². The normalized spacial score (nSPS) is 11.8. The molecule has 0 aromatic carbocycles. The Labute approximate surface area is 93.5 Å². The van der Waals surface area contributed by atoms with Crippen molar-refractivity contribution in [1.29, 1.82) is 0 Å². The van der Waals surface area contributed by atoms with E-state index in [1.165, 1.54) is 25.5 Å². The van der Waals surface area contributed by atoms with E-state index < -0.39 is 17.8 Å². The van der Waals surface area contributed by atoms with Crippen LogP contribution >= 0.6 is 0 Å². The monoisotopic (exact) mass is 244 g/mol. The number of hydrogen-bond acceptors (Lipinski definition) is 3. The molecule has 0 radical (unpaired) electrons. The Morgan fingerprint density at radius 2 is 2.12 bits per heavy atom. The van der Waals surface area contributed by atoms with Gasteiger partial charge in [0.2, 0.25) is 0 Å². The van der Waals surface area contributed by atoms with Crippen molar-refractivity contribution in [1.82, 2.24) is 19.6 Å². The van der Waals surface area contributed by atoms with Crippen molar-refractivity contribution in [2.75, 3.05) is 0 Å². The van der Waals surface area contributed by atoms with Crippen LogP contribution in [0.3, 0.4) is 0 Å². The molecule has 17 heavy (non-hydrogen) atoms. The van der Waals surface area contributed by atoms with Crippen LogP contribution in [0.25, 0.3) is 0 Å². The molecule has 0 amide bonds. The Bertz CT molecular complexity index is 541. The molecule has 5 nitrogen and oxygen atoms in total. The smallest absolute Gasteiger partial charge is 0.265 e. The molecule has 8 heteroatoms. The summed E-state index contributed by atoms with van der Waals surface area (Å²) in [6.07, 6.45) is -1.86. The third-order valence-corrected chi connectivity index (χ3v) is 2.10. The molecule has 0 aliphatic heterocycles. The maximum absolute atomic E-state index is 12.4. The second kappa shape index (κ2) is 3.72. The number of aromatic nitrogens is 4. The Hall–Kier alpha value is -2.12. The van der Waals surface area contributed by atoms with E-state index in [1.54, 1.807) is 0 Å². The molecular weight excluding hydrogens is 237 g/mol. The van der Waals surface area contributed by atoms with Gasteiger partial charge in [-0.3, -0.25) is 9.48 Å². The maximum atomic E-state index is 12.4. The molecule has 0 aliphatic rings. The van der Waals surface area contributed by atoms with Gasteiger partial charge >= 0.3 is 6.18 Å². The number of alkyl halides is 3. The highest BCUT2D eigenvalue weighted by atomic mass is 19.4. The zero-order valence-electron chi connectivity index (χ0n) is 8.64. The number of carbonyl (C=O) groups is 1. The third-order valence-electron chi connectivity index (χ3n) is 2.10. The Morgan fingerprint density at radius 1 is 1.41 bits per heavy atom. The molecule has 0 atom stereocenters. The number of halogens is 3. The summed E-state index contributed by atoms with van der Waals surface area (Å²) < 4.78 is 39.0. The van der Waals surface area contributed by atoms with Crippen molar-refractivity contribution in [3.8, 4) is 0 Å². The minimum absolute atomic E-state index is 0.180. The lowest BCUT2D eigenvalue weighted by Gasteiger charge is -1.99. The lowest BCUT2D eigenvalue weighted by molar-refractivity contribution is -0.141. The lowest BCUT2D eigenvalue weighted by Crippen LogP contribution is -2.16. The molecule has 2 rings (SSSR count). The SMILES string of the molecule is Cn1nc(C(F)(F)F)cc1C(=O)n1cccn1. The van der Waals surface area contributed by atoms with Gasteiger partial charge in [-0.05, 0) is 6.07 Å². The highest BCUT2D eigenvalue weighted by molar-refractivity contribution is 5.93. The van der Waals surface area contributed by atoms with Crippen LogP contribution in [0.2, 0.25) is 0 Å². The first kappa shape index (κ1) is 11.4. The standard InChI is InChI=1S/C9H7F3N4O/c1-15-6(5-7(14-15)9(10,11)12)8(17)16-4-2-3-13-16/h2-5H,1H3. The van der Waals surface area contributed by atoms with E-state index in [1.807, 2.05) is 0 Å². The molecule has 0 saturated carbocycles. The second-order valence-corrected chi connectivity index (χ2v) is 3.29. The zero-order valence-corrected chi connectivity index (χ0v) is 8.64. The molecular formula is C9H7F3N4O. The molecule has 0 aliphatic carbocycles. The molecule has 2 heterocycles. The van der Waals surface area contributed by atoms with Gasteiger partial charge < -0.3 is 0 Å². The molecule has 90 valence electrons. The highest BCUT2D eigenvalue weighted by Crippen LogP contribution is 2.28. The Balaban J connectivity index is 2.41. The summed E-state index contributed by atoms with van der Waals surface area (Å²) in [6.45, 7) is 0. The van der Waals surface area contributed by atoms with Crippen LogP contribution in [0.5, 0.6) is 0 Å². The van der Waals surface area contributed by atoms with E-state index in [0.717, 1.165) is 9.36 Å². The van der Waals surface area contributed by atoms with Crippen molar-refractivity contribution in [2.24, 2.45) is 7.05 Å². The summed E-state index contributed by atoms with van der Waals surface area (Å²) in [5, 5.41) is 6.89. The van der Waals surface area contributed by atoms with Crippen molar-refractivity contribution < 1.29 is 18.0 Å². The summed E-state index contributed by atoms with van der Waals surface area (Å²) in [7, 11) is 1.27. The summed E-state index contributed by atoms with van der Waals surface area (Å²) in [5.74, 6) is -0.666. The van der Waals surface area contributed by atoms with Crippen LogP contribution in [0.4, 0.5) is 13.2 Å². The lowest BCUT2D eigenvalue weighted by atomic mass is 10.3. The number of nitrogens with zero attached hydrogens (tertiary/aromatic N) is 4. The second-order valence-electron chi connectivity index (χ2n) is 3.29. The van der Waals surface area contributed by atoms with Gasteiger partial charge in [-0.15, -0.1) is 0 Å². The molecule has 0 bridgehead atoms. The van der Waals surface area contributed by atoms with Gasteiger partial charge in [-0.1, -0.05) is 0 Å². The topological polar surface area (TPSA) is 52.7 Å². The van der Waals surface area contributed by atoms with E-state index in [-0.39, 0.29) is 5.69 Å². The number of hydrogen-bond donors (Lipinski definition) is 0. The number of carbonyl (C=O) groups excluding carboxylic acids is 1. The van der Waals surface area contributed by atoms with Crippen LogP contribution in [0, 0.1) is 0 Å². The fraction of sp³-hybridized carbons (Fsp3) is 0.222. The zero-order chi connectivity index (χ0) is 12.6. The third kappa shape index (κ3) is 2.05. The van der Waals surface area contributed by atoms with Crippen molar-refractivity contribution in [2.45, 2.75) is 6.18 Å². The Kier molecular flexibility index (Phi) is 2.49. The predicted octanol–water partition coefficient (Wildman–Crippen LogP) is 1.32. The first-order valence-corrected chi connectivity index (χ1v) is 4.55. The van der Waals surface area contributed by atoms with E-state index >= 15 is 0 Å². The van der Waals surface area contributed by atoms with E-state index in [4.69, 9.17) is 0 Å². The molecule has 2 aromatic rings. The van der Waals surface area contributed by atoms with Crippen LogP contribution in [-0.2, 0) is 13.2 Å². The average molecular weight is 244 g/mol. The minimum Gasteiger partial charge on any atom is -0.265 e. The van der Waals surface area contributed by atoms with E-state index in [2.05, 4.69) is 10.2 Å². The van der Waals surface area contributed by atoms with Crippen molar-refractivity contribution in [3.05, 3.63) is 35.9 Å². The first-order chi connectivity index (χ1) is 7.89. The maximum Gasteiger partial charge on any atom is 0.435 e. The first-order valence-electron chi connectivity index (χ1n) is 4.55. The summed E-state index contributed by atoms with van der Waals surface area (Å²) >= 11 is 0. The molecule has 0 spiro atoms. The van der Waals surface area contributed by atoms with Crippen LogP contribution in [-0.4, -0.2) is 25.5 Å². The van der Waals surface area contributed by atoms with E-state index in [9.17, 15) is 18.0 Å². The average Bonchev–Trinajstić information content (AvgIpc) is 2.83. The number of aryl methyl sites for hydroxylation is 1. The van der Waals surface area contributed by atoms with Gasteiger partial charge in [0.05, 0.1) is 0 Å². The quantitative estimate of drug-likeness (QED) is 0.760. The van der Waals surface area contributed by atoms with Gasteiger partial charge in [0, 0.05) is 25.5 Å². The molecule has 0 unspecified atom stereocenters. The minimum atomic E-state index is -4.57. The molecule has 0 N–H and O–H groups in total. The number of rotatable bonds is 1. The molecule has 0 saturated heterocycles. The van der Waals surface area contributed by atoms with Gasteiger partial charge in [0.1, 0.15) is 5.69 Å². The van der Waals surface area contributed by atoms with E-state index in [0.29, 0.717) is 6.07 Å². The van der Waals surface area contributed by atoms with Gasteiger partial charge in [0.15, 0.2) is 5.69 Å². The summed E-state index contributed by atoms with van der Waals surface area (Å²) in [6, 6.07) is 2.20. The van der Waals surface area contributed by atoms with Crippen LogP contribution < -0.4 is 0 Å². The highest BCUT2D eigenvalue weighted by Gasteiger charge is 2.35. The van der Waals surface area contributed by atoms with Crippen LogP contribution in [0.1, 0.15) is 16.2 Å².